The quantitative estimate of drug-likeness (QED) is 0.787. The first kappa shape index (κ1) is 19.7. The first-order valence-electron chi connectivity index (χ1n) is 10.3. The van der Waals surface area contributed by atoms with E-state index < -0.39 is 5.60 Å². The van der Waals surface area contributed by atoms with Gasteiger partial charge in [-0.1, -0.05) is 18.2 Å². The predicted molar refractivity (Wildman–Crippen MR) is 109 cm³/mol. The molecule has 2 aromatic carbocycles. The van der Waals surface area contributed by atoms with Gasteiger partial charge in [-0.25, -0.2) is 9.18 Å². The number of benzene rings is 2. The molecule has 2 N–H and O–H groups in total. The summed E-state index contributed by atoms with van der Waals surface area (Å²) in [5.74, 6) is 0.451. The van der Waals surface area contributed by atoms with Crippen LogP contribution in [0.2, 0.25) is 0 Å². The van der Waals surface area contributed by atoms with Gasteiger partial charge in [-0.15, -0.1) is 0 Å². The highest BCUT2D eigenvalue weighted by Crippen LogP contribution is 2.33. The number of amides is 2. The van der Waals surface area contributed by atoms with Crippen LogP contribution >= 0.6 is 0 Å². The lowest BCUT2D eigenvalue weighted by Gasteiger charge is -2.38. The minimum atomic E-state index is -1.03. The van der Waals surface area contributed by atoms with Crippen LogP contribution in [0.3, 0.4) is 0 Å². The Hall–Kier alpha value is -2.60. The highest BCUT2D eigenvalue weighted by atomic mass is 19.1. The molecule has 29 heavy (non-hydrogen) atoms. The standard InChI is InChI=1S/C23H27FN2O3/c24-18-10-8-17(9-11-18)23(28)12-14-26(15-13-23)22(27)25-19-4-3-7-21(16-19)29-20-5-1-2-6-20/h3-4,7-11,16,20,28H,1-2,5-6,12-15H2,(H,25,27). The smallest absolute Gasteiger partial charge is 0.321 e. The average Bonchev–Trinajstić information content (AvgIpc) is 3.22. The number of anilines is 1. The summed E-state index contributed by atoms with van der Waals surface area (Å²) in [4.78, 5) is 14.4. The third kappa shape index (κ3) is 4.70. The molecule has 1 saturated heterocycles. The molecule has 1 heterocycles. The van der Waals surface area contributed by atoms with Gasteiger partial charge in [0.2, 0.25) is 0 Å². The van der Waals surface area contributed by atoms with E-state index in [-0.39, 0.29) is 18.0 Å². The van der Waals surface area contributed by atoms with E-state index >= 15 is 0 Å². The van der Waals surface area contributed by atoms with Crippen molar-refractivity contribution in [3.63, 3.8) is 0 Å². The van der Waals surface area contributed by atoms with Crippen LogP contribution in [-0.4, -0.2) is 35.2 Å². The number of halogens is 1. The molecule has 2 amide bonds. The van der Waals surface area contributed by atoms with E-state index in [2.05, 4.69) is 5.32 Å². The molecule has 0 unspecified atom stereocenters. The van der Waals surface area contributed by atoms with Crippen molar-refractivity contribution in [1.82, 2.24) is 4.90 Å². The summed E-state index contributed by atoms with van der Waals surface area (Å²) in [5, 5.41) is 13.8. The molecule has 0 spiro atoms. The number of carbonyl (C=O) groups is 1. The average molecular weight is 398 g/mol. The van der Waals surface area contributed by atoms with E-state index in [1.165, 1.54) is 25.0 Å². The molecule has 2 fully saturated rings. The van der Waals surface area contributed by atoms with Crippen molar-refractivity contribution in [2.24, 2.45) is 0 Å². The molecule has 1 aliphatic heterocycles. The molecule has 0 radical (unpaired) electrons. The highest BCUT2D eigenvalue weighted by molar-refractivity contribution is 5.89. The Morgan fingerprint density at radius 3 is 2.48 bits per heavy atom. The van der Waals surface area contributed by atoms with Gasteiger partial charge in [0.15, 0.2) is 0 Å². The van der Waals surface area contributed by atoms with Gasteiger partial charge in [0.25, 0.3) is 0 Å². The fourth-order valence-electron chi connectivity index (χ4n) is 4.18. The summed E-state index contributed by atoms with van der Waals surface area (Å²) in [5.41, 5.74) is 0.361. The molecule has 2 aromatic rings. The van der Waals surface area contributed by atoms with Crippen LogP contribution in [0.5, 0.6) is 5.75 Å². The largest absolute Gasteiger partial charge is 0.490 e. The van der Waals surface area contributed by atoms with Gasteiger partial charge < -0.3 is 20.1 Å². The minimum absolute atomic E-state index is 0.191. The van der Waals surface area contributed by atoms with Gasteiger partial charge in [-0.05, 0) is 68.4 Å². The zero-order chi connectivity index (χ0) is 20.3. The topological polar surface area (TPSA) is 61.8 Å². The molecule has 0 aromatic heterocycles. The number of hydrogen-bond donors (Lipinski definition) is 2. The number of carbonyl (C=O) groups excluding carboxylic acids is 1. The summed E-state index contributed by atoms with van der Waals surface area (Å²) in [6.07, 6.45) is 5.68. The molecule has 1 saturated carbocycles. The number of nitrogens with one attached hydrogen (secondary N) is 1. The third-order valence-electron chi connectivity index (χ3n) is 5.95. The monoisotopic (exact) mass is 398 g/mol. The maximum atomic E-state index is 13.1. The Balaban J connectivity index is 1.33. The third-order valence-corrected chi connectivity index (χ3v) is 5.95. The molecule has 5 nitrogen and oxygen atoms in total. The van der Waals surface area contributed by atoms with Crippen molar-refractivity contribution in [2.75, 3.05) is 18.4 Å². The second-order valence-electron chi connectivity index (χ2n) is 8.01. The SMILES string of the molecule is O=C(Nc1cccc(OC2CCCC2)c1)N1CCC(O)(c2ccc(F)cc2)CC1. The summed E-state index contributed by atoms with van der Waals surface area (Å²) < 4.78 is 19.1. The first-order chi connectivity index (χ1) is 14.0. The maximum absolute atomic E-state index is 13.1. The Kier molecular flexibility index (Phi) is 5.72. The van der Waals surface area contributed by atoms with Gasteiger partial charge in [0.1, 0.15) is 11.6 Å². The molecule has 1 aliphatic carbocycles. The molecule has 0 bridgehead atoms. The van der Waals surface area contributed by atoms with Crippen molar-refractivity contribution in [2.45, 2.75) is 50.2 Å². The van der Waals surface area contributed by atoms with Crippen LogP contribution in [0.25, 0.3) is 0 Å². The van der Waals surface area contributed by atoms with E-state index in [9.17, 15) is 14.3 Å². The number of aliphatic hydroxyl groups is 1. The van der Waals surface area contributed by atoms with E-state index in [0.29, 0.717) is 37.2 Å². The number of nitrogens with zero attached hydrogens (tertiary/aromatic N) is 1. The molecule has 154 valence electrons. The van der Waals surface area contributed by atoms with Crippen LogP contribution < -0.4 is 10.1 Å². The van der Waals surface area contributed by atoms with E-state index in [0.717, 1.165) is 18.6 Å². The van der Waals surface area contributed by atoms with Crippen molar-refractivity contribution in [3.8, 4) is 5.75 Å². The van der Waals surface area contributed by atoms with Crippen LogP contribution in [0.1, 0.15) is 44.1 Å². The fourth-order valence-corrected chi connectivity index (χ4v) is 4.18. The maximum Gasteiger partial charge on any atom is 0.321 e. The molecule has 6 heteroatoms. The molecular formula is C23H27FN2O3. The first-order valence-corrected chi connectivity index (χ1v) is 10.3. The fraction of sp³-hybridized carbons (Fsp3) is 0.435. The van der Waals surface area contributed by atoms with Crippen LogP contribution in [0.4, 0.5) is 14.9 Å². The summed E-state index contributed by atoms with van der Waals surface area (Å²) in [6, 6.07) is 13.2. The number of piperidine rings is 1. The number of likely N-dealkylation sites (tertiary alicyclic amines) is 1. The zero-order valence-electron chi connectivity index (χ0n) is 16.4. The number of ether oxygens (including phenoxy) is 1. The zero-order valence-corrected chi connectivity index (χ0v) is 16.4. The minimum Gasteiger partial charge on any atom is -0.490 e. The van der Waals surface area contributed by atoms with Gasteiger partial charge in [0.05, 0.1) is 11.7 Å². The molecule has 2 aliphatic rings. The number of urea groups is 1. The van der Waals surface area contributed by atoms with Crippen molar-refractivity contribution in [1.29, 1.82) is 0 Å². The lowest BCUT2D eigenvalue weighted by Crippen LogP contribution is -2.46. The van der Waals surface area contributed by atoms with E-state index in [4.69, 9.17) is 4.74 Å². The lowest BCUT2D eigenvalue weighted by molar-refractivity contribution is -0.0157. The molecule has 0 atom stereocenters. The Bertz CT molecular complexity index is 841. The van der Waals surface area contributed by atoms with Crippen LogP contribution in [0.15, 0.2) is 48.5 Å². The van der Waals surface area contributed by atoms with Gasteiger partial charge in [-0.2, -0.15) is 0 Å². The predicted octanol–water partition coefficient (Wildman–Crippen LogP) is 4.66. The van der Waals surface area contributed by atoms with E-state index in [1.807, 2.05) is 24.3 Å². The normalized spacial score (nSPS) is 19.2. The second kappa shape index (κ2) is 8.41. The van der Waals surface area contributed by atoms with Gasteiger partial charge >= 0.3 is 6.03 Å². The van der Waals surface area contributed by atoms with Crippen molar-refractivity contribution < 1.29 is 19.0 Å². The van der Waals surface area contributed by atoms with Crippen molar-refractivity contribution >= 4 is 11.7 Å². The van der Waals surface area contributed by atoms with Crippen molar-refractivity contribution in [3.05, 3.63) is 59.9 Å². The lowest BCUT2D eigenvalue weighted by atomic mass is 9.84. The molecular weight excluding hydrogens is 371 g/mol. The Labute approximate surface area is 170 Å². The Morgan fingerprint density at radius 1 is 1.10 bits per heavy atom. The summed E-state index contributed by atoms with van der Waals surface area (Å²) in [7, 11) is 0. The van der Waals surface area contributed by atoms with Crippen LogP contribution in [-0.2, 0) is 5.60 Å². The van der Waals surface area contributed by atoms with E-state index in [1.54, 1.807) is 17.0 Å². The summed E-state index contributed by atoms with van der Waals surface area (Å²) in [6.45, 7) is 0.857. The van der Waals surface area contributed by atoms with Crippen LogP contribution in [0, 0.1) is 5.82 Å². The number of rotatable bonds is 4. The highest BCUT2D eigenvalue weighted by Gasteiger charge is 2.35. The summed E-state index contributed by atoms with van der Waals surface area (Å²) >= 11 is 0. The molecule has 4 rings (SSSR count). The number of hydrogen-bond acceptors (Lipinski definition) is 3. The van der Waals surface area contributed by atoms with Gasteiger partial charge in [0, 0.05) is 24.8 Å². The Morgan fingerprint density at radius 2 is 1.79 bits per heavy atom. The second-order valence-corrected chi connectivity index (χ2v) is 8.01. The van der Waals surface area contributed by atoms with Gasteiger partial charge in [-0.3, -0.25) is 0 Å².